The van der Waals surface area contributed by atoms with Gasteiger partial charge in [-0.3, -0.25) is 4.79 Å². The molecule has 0 bridgehead atoms. The fourth-order valence-electron chi connectivity index (χ4n) is 4.92. The average molecular weight is 489 g/mol. The number of sulfonamides is 1. The van der Waals surface area contributed by atoms with Crippen molar-refractivity contribution >= 4 is 15.9 Å². The summed E-state index contributed by atoms with van der Waals surface area (Å²) in [6, 6.07) is 12.1. The molecule has 0 saturated carbocycles. The van der Waals surface area contributed by atoms with Crippen LogP contribution in [0.5, 0.6) is 17.2 Å². The summed E-state index contributed by atoms with van der Waals surface area (Å²) in [6.45, 7) is 1.35. The normalized spacial score (nSPS) is 19.7. The molecule has 0 aliphatic carbocycles. The van der Waals surface area contributed by atoms with Gasteiger partial charge in [-0.15, -0.1) is 0 Å². The van der Waals surface area contributed by atoms with Crippen LogP contribution in [0.3, 0.4) is 0 Å². The van der Waals surface area contributed by atoms with Crippen molar-refractivity contribution in [2.45, 2.75) is 36.6 Å². The monoisotopic (exact) mass is 488 g/mol. The molecule has 2 aliphatic rings. The van der Waals surface area contributed by atoms with E-state index in [-0.39, 0.29) is 22.8 Å². The Hall–Kier alpha value is -2.78. The predicted molar refractivity (Wildman–Crippen MR) is 128 cm³/mol. The molecule has 2 heterocycles. The van der Waals surface area contributed by atoms with Crippen molar-refractivity contribution in [3.63, 3.8) is 0 Å². The molecule has 4 rings (SSSR count). The fraction of sp³-hybridized carbons (Fsp3) is 0.480. The molecule has 0 radical (unpaired) electrons. The van der Waals surface area contributed by atoms with E-state index < -0.39 is 10.0 Å². The topological polar surface area (TPSA) is 85.4 Å². The molecule has 9 heteroatoms. The molecule has 8 nitrogen and oxygen atoms in total. The van der Waals surface area contributed by atoms with Crippen LogP contribution in [0.2, 0.25) is 0 Å². The first kappa shape index (κ1) is 24.3. The Kier molecular flexibility index (Phi) is 7.33. The molecular formula is C25H32N2O6S. The largest absolute Gasteiger partial charge is 0.497 e. The lowest BCUT2D eigenvalue weighted by Crippen LogP contribution is -2.44. The number of benzene rings is 2. The molecule has 184 valence electrons. The van der Waals surface area contributed by atoms with Crippen LogP contribution in [0.25, 0.3) is 0 Å². The van der Waals surface area contributed by atoms with Gasteiger partial charge in [-0.05, 0) is 62.1 Å². The van der Waals surface area contributed by atoms with Crippen molar-refractivity contribution in [3.05, 3.63) is 48.0 Å². The lowest BCUT2D eigenvalue weighted by molar-refractivity contribution is -0.137. The lowest BCUT2D eigenvalue weighted by Gasteiger charge is -2.34. The van der Waals surface area contributed by atoms with Crippen molar-refractivity contribution in [1.29, 1.82) is 0 Å². The number of methoxy groups -OCH3 is 3. The van der Waals surface area contributed by atoms with Crippen molar-refractivity contribution in [2.75, 3.05) is 41.0 Å². The summed E-state index contributed by atoms with van der Waals surface area (Å²) >= 11 is 0. The zero-order valence-electron chi connectivity index (χ0n) is 19.9. The molecule has 2 fully saturated rings. The van der Waals surface area contributed by atoms with Gasteiger partial charge in [0.25, 0.3) is 0 Å². The van der Waals surface area contributed by atoms with Crippen LogP contribution in [0, 0.1) is 5.92 Å². The van der Waals surface area contributed by atoms with E-state index >= 15 is 0 Å². The zero-order chi connectivity index (χ0) is 24.3. The minimum Gasteiger partial charge on any atom is -0.497 e. The molecule has 2 saturated heterocycles. The van der Waals surface area contributed by atoms with E-state index in [0.717, 1.165) is 18.4 Å². The first-order valence-electron chi connectivity index (χ1n) is 11.6. The number of nitrogens with zero attached hydrogens (tertiary/aromatic N) is 2. The Morgan fingerprint density at radius 1 is 0.853 bits per heavy atom. The minimum absolute atomic E-state index is 0.0468. The Bertz CT molecular complexity index is 1110. The first-order chi connectivity index (χ1) is 16.4. The summed E-state index contributed by atoms with van der Waals surface area (Å²) in [5.74, 6) is 1.94. The van der Waals surface area contributed by atoms with Crippen LogP contribution in [-0.4, -0.2) is 64.5 Å². The van der Waals surface area contributed by atoms with E-state index in [1.807, 2.05) is 23.1 Å². The van der Waals surface area contributed by atoms with Crippen LogP contribution in [0.15, 0.2) is 47.4 Å². The number of hydrogen-bond donors (Lipinski definition) is 0. The Labute approximate surface area is 201 Å². The third kappa shape index (κ3) is 4.72. The summed E-state index contributed by atoms with van der Waals surface area (Å²) in [4.78, 5) is 15.7. The van der Waals surface area contributed by atoms with Gasteiger partial charge in [0.05, 0.1) is 32.3 Å². The van der Waals surface area contributed by atoms with E-state index in [1.165, 1.54) is 4.31 Å². The minimum atomic E-state index is -3.60. The number of amides is 1. The second-order valence-corrected chi connectivity index (χ2v) is 10.6. The van der Waals surface area contributed by atoms with Gasteiger partial charge >= 0.3 is 0 Å². The Morgan fingerprint density at radius 2 is 1.50 bits per heavy atom. The summed E-state index contributed by atoms with van der Waals surface area (Å²) in [5.41, 5.74) is 0.980. The molecule has 1 amide bonds. The van der Waals surface area contributed by atoms with Gasteiger partial charge in [0.15, 0.2) is 0 Å². The van der Waals surface area contributed by atoms with Crippen LogP contribution in [-0.2, 0) is 14.8 Å². The predicted octanol–water partition coefficient (Wildman–Crippen LogP) is 3.48. The number of piperidine rings is 1. The van der Waals surface area contributed by atoms with Gasteiger partial charge in [-0.1, -0.05) is 0 Å². The first-order valence-corrected chi connectivity index (χ1v) is 13.0. The molecular weight excluding hydrogens is 456 g/mol. The quantitative estimate of drug-likeness (QED) is 0.593. The van der Waals surface area contributed by atoms with E-state index in [1.54, 1.807) is 45.6 Å². The van der Waals surface area contributed by atoms with Crippen LogP contribution in [0.4, 0.5) is 0 Å². The maximum Gasteiger partial charge on any atom is 0.243 e. The highest BCUT2D eigenvalue weighted by atomic mass is 32.2. The molecule has 2 aliphatic heterocycles. The second-order valence-electron chi connectivity index (χ2n) is 8.65. The summed E-state index contributed by atoms with van der Waals surface area (Å²) in [6.07, 6.45) is 2.82. The highest BCUT2D eigenvalue weighted by molar-refractivity contribution is 7.89. The number of likely N-dealkylation sites (tertiary alicyclic amines) is 1. The molecule has 1 atom stereocenters. The molecule has 2 aromatic carbocycles. The molecule has 2 aromatic rings. The SMILES string of the molecule is COc1ccc(S(=O)(=O)N2CCC(C(=O)N3CCC[C@@H]3c3ccc(OC)cc3OC)CC2)cc1. The lowest BCUT2D eigenvalue weighted by atomic mass is 9.95. The Balaban J connectivity index is 1.44. The highest BCUT2D eigenvalue weighted by Gasteiger charge is 2.38. The number of rotatable bonds is 7. The van der Waals surface area contributed by atoms with Crippen molar-refractivity contribution in [3.8, 4) is 17.2 Å². The van der Waals surface area contributed by atoms with Gasteiger partial charge < -0.3 is 19.1 Å². The zero-order valence-corrected chi connectivity index (χ0v) is 20.7. The van der Waals surface area contributed by atoms with E-state index in [2.05, 4.69) is 0 Å². The smallest absolute Gasteiger partial charge is 0.243 e. The second kappa shape index (κ2) is 10.2. The summed E-state index contributed by atoms with van der Waals surface area (Å²) < 4.78 is 43.6. The molecule has 0 N–H and O–H groups in total. The van der Waals surface area contributed by atoms with Crippen molar-refractivity contribution in [1.82, 2.24) is 9.21 Å². The van der Waals surface area contributed by atoms with Gasteiger partial charge in [0.1, 0.15) is 17.2 Å². The third-order valence-electron chi connectivity index (χ3n) is 6.84. The van der Waals surface area contributed by atoms with E-state index in [4.69, 9.17) is 14.2 Å². The standard InChI is InChI=1S/C25H32N2O6S/c1-31-19-6-9-21(10-7-19)34(29,30)26-15-12-18(13-16-26)25(28)27-14-4-5-23(27)22-11-8-20(32-2)17-24(22)33-3/h6-11,17-18,23H,4-5,12-16H2,1-3H3/t23-/m1/s1. The van der Waals surface area contributed by atoms with Gasteiger partial charge in [0.2, 0.25) is 15.9 Å². The molecule has 34 heavy (non-hydrogen) atoms. The van der Waals surface area contributed by atoms with Crippen molar-refractivity contribution in [2.24, 2.45) is 5.92 Å². The fourth-order valence-corrected chi connectivity index (χ4v) is 6.39. The average Bonchev–Trinajstić information content (AvgIpc) is 3.37. The maximum atomic E-state index is 13.5. The maximum absolute atomic E-state index is 13.5. The van der Waals surface area contributed by atoms with Crippen LogP contribution >= 0.6 is 0 Å². The highest BCUT2D eigenvalue weighted by Crippen LogP contribution is 2.40. The molecule has 0 unspecified atom stereocenters. The number of carbonyl (C=O) groups excluding carboxylic acids is 1. The summed E-state index contributed by atoms with van der Waals surface area (Å²) in [7, 11) is 1.18. The number of hydrogen-bond acceptors (Lipinski definition) is 6. The van der Waals surface area contributed by atoms with Gasteiger partial charge in [-0.2, -0.15) is 4.31 Å². The number of ether oxygens (including phenoxy) is 3. The number of carbonyl (C=O) groups is 1. The Morgan fingerprint density at radius 3 is 2.12 bits per heavy atom. The van der Waals surface area contributed by atoms with Crippen molar-refractivity contribution < 1.29 is 27.4 Å². The molecule has 0 aromatic heterocycles. The van der Waals surface area contributed by atoms with Crippen LogP contribution in [0.1, 0.15) is 37.3 Å². The summed E-state index contributed by atoms with van der Waals surface area (Å²) in [5, 5.41) is 0. The van der Waals surface area contributed by atoms with Gasteiger partial charge in [-0.25, -0.2) is 8.42 Å². The van der Waals surface area contributed by atoms with E-state index in [9.17, 15) is 13.2 Å². The molecule has 0 spiro atoms. The van der Waals surface area contributed by atoms with Crippen LogP contribution < -0.4 is 14.2 Å². The van der Waals surface area contributed by atoms with Gasteiger partial charge in [0, 0.05) is 37.2 Å². The van der Waals surface area contributed by atoms with E-state index in [0.29, 0.717) is 49.7 Å². The third-order valence-corrected chi connectivity index (χ3v) is 8.75.